The van der Waals surface area contributed by atoms with Crippen molar-refractivity contribution >= 4 is 16.0 Å². The van der Waals surface area contributed by atoms with Gasteiger partial charge in [0.15, 0.2) is 0 Å². The average Bonchev–Trinajstić information content (AvgIpc) is 2.25. The van der Waals surface area contributed by atoms with Crippen LogP contribution in [0.15, 0.2) is 6.07 Å². The summed E-state index contributed by atoms with van der Waals surface area (Å²) in [4.78, 5) is 8.59. The van der Waals surface area contributed by atoms with Crippen LogP contribution in [0, 0.1) is 19.8 Å². The maximum absolute atomic E-state index is 11.6. The van der Waals surface area contributed by atoms with E-state index >= 15 is 0 Å². The third-order valence-corrected chi connectivity index (χ3v) is 5.03. The summed E-state index contributed by atoms with van der Waals surface area (Å²) < 4.78 is 24.7. The van der Waals surface area contributed by atoms with E-state index < -0.39 is 10.0 Å². The predicted octanol–water partition coefficient (Wildman–Crippen LogP) is 0.787. The van der Waals surface area contributed by atoms with E-state index in [9.17, 15) is 8.42 Å². The molecule has 0 bridgehead atoms. The molecule has 0 atom stereocenters. The van der Waals surface area contributed by atoms with Gasteiger partial charge in [-0.05, 0) is 26.8 Å². The lowest BCUT2D eigenvalue weighted by Gasteiger charge is -2.37. The molecule has 1 fully saturated rings. The molecule has 7 heteroatoms. The van der Waals surface area contributed by atoms with Crippen molar-refractivity contribution < 1.29 is 8.42 Å². The Morgan fingerprint density at radius 2 is 1.89 bits per heavy atom. The summed E-state index contributed by atoms with van der Waals surface area (Å²) >= 11 is 0. The molecule has 2 heterocycles. The van der Waals surface area contributed by atoms with E-state index in [2.05, 4.69) is 15.3 Å². The normalized spacial score (nSPS) is 17.2. The van der Waals surface area contributed by atoms with Crippen LogP contribution in [0.1, 0.15) is 18.3 Å². The van der Waals surface area contributed by atoms with E-state index in [0.29, 0.717) is 31.5 Å². The van der Waals surface area contributed by atoms with Crippen molar-refractivity contribution in [2.45, 2.75) is 20.8 Å². The fraction of sp³-hybridized carbons (Fsp3) is 0.667. The van der Waals surface area contributed by atoms with Crippen molar-refractivity contribution in [3.05, 3.63) is 17.5 Å². The van der Waals surface area contributed by atoms with Gasteiger partial charge in [-0.2, -0.15) is 0 Å². The van der Waals surface area contributed by atoms with Gasteiger partial charge in [-0.25, -0.2) is 22.7 Å². The molecular weight excluding hydrogens is 264 g/mol. The zero-order valence-corrected chi connectivity index (χ0v) is 12.4. The molecule has 1 aliphatic rings. The number of aryl methyl sites for hydroxylation is 2. The Hall–Kier alpha value is -1.21. The van der Waals surface area contributed by atoms with Crippen molar-refractivity contribution in [1.82, 2.24) is 14.3 Å². The SMILES string of the molecule is CCS(=O)(=O)N1CC(CNc2nc(C)cc(C)n2)C1. The molecule has 6 nitrogen and oxygen atoms in total. The first-order chi connectivity index (χ1) is 8.90. The van der Waals surface area contributed by atoms with Crippen LogP contribution in [-0.4, -0.2) is 48.1 Å². The maximum Gasteiger partial charge on any atom is 0.223 e. The lowest BCUT2D eigenvalue weighted by Crippen LogP contribution is -2.52. The van der Waals surface area contributed by atoms with Gasteiger partial charge in [0.1, 0.15) is 0 Å². The highest BCUT2D eigenvalue weighted by Crippen LogP contribution is 2.20. The minimum absolute atomic E-state index is 0.174. The average molecular weight is 284 g/mol. The van der Waals surface area contributed by atoms with Gasteiger partial charge in [-0.1, -0.05) is 0 Å². The summed E-state index contributed by atoms with van der Waals surface area (Å²) in [6.07, 6.45) is 0. The summed E-state index contributed by atoms with van der Waals surface area (Å²) in [7, 11) is -3.02. The van der Waals surface area contributed by atoms with E-state index in [-0.39, 0.29) is 5.75 Å². The van der Waals surface area contributed by atoms with Crippen molar-refractivity contribution in [3.8, 4) is 0 Å². The Balaban J connectivity index is 1.83. The molecular formula is C12H20N4O2S. The summed E-state index contributed by atoms with van der Waals surface area (Å²) in [6, 6.07) is 1.92. The second-order valence-electron chi connectivity index (χ2n) is 4.94. The quantitative estimate of drug-likeness (QED) is 0.865. The van der Waals surface area contributed by atoms with Gasteiger partial charge in [-0.15, -0.1) is 0 Å². The number of anilines is 1. The molecule has 0 unspecified atom stereocenters. The highest BCUT2D eigenvalue weighted by molar-refractivity contribution is 7.89. The maximum atomic E-state index is 11.6. The molecule has 1 aromatic heterocycles. The standard InChI is InChI=1S/C12H20N4O2S/c1-4-19(17,18)16-7-11(8-16)6-13-12-14-9(2)5-10(3)15-12/h5,11H,4,6-8H2,1-3H3,(H,13,14,15). The molecule has 0 amide bonds. The zero-order valence-electron chi connectivity index (χ0n) is 11.5. The first-order valence-corrected chi connectivity index (χ1v) is 8.05. The summed E-state index contributed by atoms with van der Waals surface area (Å²) in [6.45, 7) is 7.42. The number of rotatable bonds is 5. The van der Waals surface area contributed by atoms with Gasteiger partial charge in [0.2, 0.25) is 16.0 Å². The minimum atomic E-state index is -3.02. The van der Waals surface area contributed by atoms with Gasteiger partial charge < -0.3 is 5.32 Å². The van der Waals surface area contributed by atoms with Crippen LogP contribution >= 0.6 is 0 Å². The van der Waals surface area contributed by atoms with E-state index in [1.54, 1.807) is 6.92 Å². The van der Waals surface area contributed by atoms with Crippen LogP contribution in [0.5, 0.6) is 0 Å². The van der Waals surface area contributed by atoms with Crippen molar-refractivity contribution in [2.75, 3.05) is 30.7 Å². The number of hydrogen-bond acceptors (Lipinski definition) is 5. The third kappa shape index (κ3) is 3.42. The van der Waals surface area contributed by atoms with Crippen molar-refractivity contribution in [1.29, 1.82) is 0 Å². The van der Waals surface area contributed by atoms with Crippen LogP contribution in [-0.2, 0) is 10.0 Å². The van der Waals surface area contributed by atoms with Crippen molar-refractivity contribution in [2.24, 2.45) is 5.92 Å². The number of nitrogens with zero attached hydrogens (tertiary/aromatic N) is 3. The molecule has 1 N–H and O–H groups in total. The molecule has 1 aliphatic heterocycles. The topological polar surface area (TPSA) is 75.2 Å². The van der Waals surface area contributed by atoms with Gasteiger partial charge >= 0.3 is 0 Å². The largest absolute Gasteiger partial charge is 0.354 e. The zero-order chi connectivity index (χ0) is 14.0. The van der Waals surface area contributed by atoms with Gasteiger partial charge in [0, 0.05) is 36.9 Å². The van der Waals surface area contributed by atoms with Gasteiger partial charge in [-0.3, -0.25) is 0 Å². The van der Waals surface area contributed by atoms with Gasteiger partial charge in [0.25, 0.3) is 0 Å². The van der Waals surface area contributed by atoms with Gasteiger partial charge in [0.05, 0.1) is 5.75 Å². The second kappa shape index (κ2) is 5.42. The molecule has 1 saturated heterocycles. The Morgan fingerprint density at radius 3 is 2.42 bits per heavy atom. The molecule has 1 aromatic rings. The molecule has 0 radical (unpaired) electrons. The highest BCUT2D eigenvalue weighted by Gasteiger charge is 2.34. The molecule has 106 valence electrons. The summed E-state index contributed by atoms with van der Waals surface area (Å²) in [5.41, 5.74) is 1.86. The summed E-state index contributed by atoms with van der Waals surface area (Å²) in [5, 5.41) is 3.17. The molecule has 0 spiro atoms. The van der Waals surface area contributed by atoms with Crippen LogP contribution in [0.2, 0.25) is 0 Å². The molecule has 19 heavy (non-hydrogen) atoms. The molecule has 2 rings (SSSR count). The molecule has 0 saturated carbocycles. The fourth-order valence-corrected chi connectivity index (χ4v) is 3.34. The van der Waals surface area contributed by atoms with Crippen molar-refractivity contribution in [3.63, 3.8) is 0 Å². The Morgan fingerprint density at radius 1 is 1.32 bits per heavy atom. The fourth-order valence-electron chi connectivity index (χ4n) is 2.10. The Kier molecular flexibility index (Phi) is 4.05. The Bertz CT molecular complexity index is 533. The Labute approximate surface area is 114 Å². The lowest BCUT2D eigenvalue weighted by molar-refractivity contribution is 0.211. The highest BCUT2D eigenvalue weighted by atomic mass is 32.2. The van der Waals surface area contributed by atoms with E-state index in [0.717, 1.165) is 11.4 Å². The molecule has 0 aromatic carbocycles. The van der Waals surface area contributed by atoms with Crippen LogP contribution in [0.3, 0.4) is 0 Å². The number of hydrogen-bond donors (Lipinski definition) is 1. The van der Waals surface area contributed by atoms with E-state index in [1.807, 2.05) is 19.9 Å². The first-order valence-electron chi connectivity index (χ1n) is 6.44. The smallest absolute Gasteiger partial charge is 0.223 e. The van der Waals surface area contributed by atoms with Crippen LogP contribution in [0.4, 0.5) is 5.95 Å². The predicted molar refractivity (Wildman–Crippen MR) is 74.5 cm³/mol. The number of aromatic nitrogens is 2. The second-order valence-corrected chi connectivity index (χ2v) is 7.20. The van der Waals surface area contributed by atoms with Crippen LogP contribution < -0.4 is 5.32 Å². The van der Waals surface area contributed by atoms with Crippen LogP contribution in [0.25, 0.3) is 0 Å². The lowest BCUT2D eigenvalue weighted by atomic mass is 10.0. The minimum Gasteiger partial charge on any atom is -0.354 e. The van der Waals surface area contributed by atoms with E-state index in [1.165, 1.54) is 4.31 Å². The van der Waals surface area contributed by atoms with E-state index in [4.69, 9.17) is 0 Å². The molecule has 0 aliphatic carbocycles. The summed E-state index contributed by atoms with van der Waals surface area (Å²) in [5.74, 6) is 1.13. The number of nitrogens with one attached hydrogen (secondary N) is 1. The first kappa shape index (κ1) is 14.2. The third-order valence-electron chi connectivity index (χ3n) is 3.21. The monoisotopic (exact) mass is 284 g/mol. The number of sulfonamides is 1.